The molecule has 7 aliphatic rings. The maximum Gasteiger partial charge on any atom is 0.408 e. The summed E-state index contributed by atoms with van der Waals surface area (Å²) in [7, 11) is -3.97. The van der Waals surface area contributed by atoms with Crippen LogP contribution in [0.1, 0.15) is 127 Å². The van der Waals surface area contributed by atoms with Crippen LogP contribution in [0.5, 0.6) is 5.75 Å². The molecule has 5 atom stereocenters. The van der Waals surface area contributed by atoms with Gasteiger partial charge in [0.2, 0.25) is 21.8 Å². The summed E-state index contributed by atoms with van der Waals surface area (Å²) in [6, 6.07) is 6.08. The maximum absolute atomic E-state index is 14.9. The van der Waals surface area contributed by atoms with Crippen molar-refractivity contribution >= 4 is 44.7 Å². The number of fused-ring (bicyclic) bond motifs is 5. The van der Waals surface area contributed by atoms with Gasteiger partial charge in [0.1, 0.15) is 35.1 Å². The first-order chi connectivity index (χ1) is 26.9. The quantitative estimate of drug-likeness (QED) is 0.333. The zero-order valence-corrected chi connectivity index (χ0v) is 33.0. The first kappa shape index (κ1) is 37.4. The van der Waals surface area contributed by atoms with Crippen LogP contribution in [0, 0.1) is 5.92 Å². The summed E-state index contributed by atoms with van der Waals surface area (Å²) in [5.74, 6) is -1.09. The molecule has 13 nitrogen and oxygen atoms in total. The first-order valence-electron chi connectivity index (χ1n) is 20.8. The van der Waals surface area contributed by atoms with Crippen molar-refractivity contribution in [2.75, 3.05) is 6.54 Å². The highest BCUT2D eigenvalue weighted by molar-refractivity contribution is 7.91. The second kappa shape index (κ2) is 14.0. The van der Waals surface area contributed by atoms with Crippen molar-refractivity contribution in [3.8, 4) is 5.75 Å². The lowest BCUT2D eigenvalue weighted by Crippen LogP contribution is -2.58. The van der Waals surface area contributed by atoms with E-state index in [4.69, 9.17) is 14.5 Å². The van der Waals surface area contributed by atoms with Gasteiger partial charge in [-0.05, 0) is 103 Å². The first-order valence-corrected chi connectivity index (χ1v) is 22.3. The predicted octanol–water partition coefficient (Wildman–Crippen LogP) is 5.21. The van der Waals surface area contributed by atoms with Gasteiger partial charge in [0.15, 0.2) is 0 Å². The molecule has 4 heterocycles. The van der Waals surface area contributed by atoms with Crippen LogP contribution in [0.15, 0.2) is 36.4 Å². The Bertz CT molecular complexity index is 2090. The van der Waals surface area contributed by atoms with Gasteiger partial charge in [-0.2, -0.15) is 0 Å². The molecule has 1 unspecified atom stereocenters. The Hall–Kier alpha value is -4.20. The van der Waals surface area contributed by atoms with E-state index in [0.717, 1.165) is 85.7 Å². The standard InChI is InChI=1S/C42H53N5O8S/c1-40(21-22-40)56(52,53)46-38(50)42-23-27(42)11-5-3-2-4-6-16-32(44-39(51)54-28-12-7-8-13-28)37(49)47-25-41(24-33(47)36(48)45-42)20-19-30-29-14-9-10-15-31(29)43-34(26-17-18-26)35(30)55-41/h5,9-11,14-15,26-28,32-33H,2-4,6-8,12-13,16-25H2,1H3,(H,44,51)(H,45,48)(H,46,50)/b11-5-/t27?,32-,33-,41+,42+/m0/s1. The highest BCUT2D eigenvalue weighted by Crippen LogP contribution is 2.52. The van der Waals surface area contributed by atoms with E-state index in [1.165, 1.54) is 4.90 Å². The van der Waals surface area contributed by atoms with E-state index in [0.29, 0.717) is 38.5 Å². The number of rotatable bonds is 6. The number of allylic oxidation sites excluding steroid dienone is 1. The SMILES string of the molecule is CC1(S(=O)(=O)NC(=O)[C@@]23CC2/C=C\CCCCC[C@H](NC(=O)OC2CCCC2)C(=O)N2C[C@@]4(CCc5c(c(C6CC6)nc6ccccc56)O4)C[C@H]2C(=O)N3)CC1. The van der Waals surface area contributed by atoms with Crippen LogP contribution in [0.2, 0.25) is 0 Å². The zero-order valence-electron chi connectivity index (χ0n) is 32.1. The summed E-state index contributed by atoms with van der Waals surface area (Å²) in [5.41, 5.74) is 0.517. The third kappa shape index (κ3) is 6.93. The van der Waals surface area contributed by atoms with Crippen LogP contribution in [0.25, 0.3) is 10.9 Å². The number of benzene rings is 1. The summed E-state index contributed by atoms with van der Waals surface area (Å²) >= 11 is 0. The number of aryl methyl sites for hydroxylation is 1. The molecular weight excluding hydrogens is 735 g/mol. The number of carbonyl (C=O) groups is 4. The largest absolute Gasteiger partial charge is 0.483 e. The van der Waals surface area contributed by atoms with E-state index in [1.54, 1.807) is 6.92 Å². The Kier molecular flexibility index (Phi) is 9.36. The van der Waals surface area contributed by atoms with Crippen LogP contribution in [-0.4, -0.2) is 82.7 Å². The van der Waals surface area contributed by atoms with E-state index >= 15 is 0 Å². The number of nitrogens with one attached hydrogen (secondary N) is 3. The minimum atomic E-state index is -3.97. The number of alkyl carbamates (subject to hydrolysis) is 1. The number of carbonyl (C=O) groups excluding carboxylic acids is 4. The fraction of sp³-hybridized carbons (Fsp3) is 0.643. The molecule has 3 N–H and O–H groups in total. The van der Waals surface area contributed by atoms with Crippen molar-refractivity contribution in [1.82, 2.24) is 25.2 Å². The molecule has 1 aromatic heterocycles. The Labute approximate surface area is 328 Å². The summed E-state index contributed by atoms with van der Waals surface area (Å²) < 4.78 is 40.6. The molecule has 2 aromatic rings. The molecule has 14 heteroatoms. The lowest BCUT2D eigenvalue weighted by molar-refractivity contribution is -0.141. The van der Waals surface area contributed by atoms with Gasteiger partial charge in [0.25, 0.3) is 5.91 Å². The molecular formula is C42H53N5O8S. The number of hydrogen-bond donors (Lipinski definition) is 3. The molecule has 4 aliphatic carbocycles. The molecule has 56 heavy (non-hydrogen) atoms. The monoisotopic (exact) mass is 787 g/mol. The Balaban J connectivity index is 1.05. The fourth-order valence-corrected chi connectivity index (χ4v) is 10.8. The van der Waals surface area contributed by atoms with Crippen molar-refractivity contribution in [2.45, 2.75) is 156 Å². The molecule has 4 saturated carbocycles. The van der Waals surface area contributed by atoms with Crippen molar-refractivity contribution in [1.29, 1.82) is 0 Å². The van der Waals surface area contributed by atoms with Crippen molar-refractivity contribution in [3.63, 3.8) is 0 Å². The smallest absolute Gasteiger partial charge is 0.408 e. The molecule has 300 valence electrons. The average Bonchev–Trinajstić information content (AvgIpc) is 4.14. The second-order valence-electron chi connectivity index (χ2n) is 17.8. The summed E-state index contributed by atoms with van der Waals surface area (Å²) in [6.07, 6.45) is 14.6. The van der Waals surface area contributed by atoms with E-state index < -0.39 is 67.7 Å². The van der Waals surface area contributed by atoms with Gasteiger partial charge in [-0.1, -0.05) is 43.2 Å². The topological polar surface area (TPSA) is 173 Å². The fourth-order valence-electron chi connectivity index (χ4n) is 9.47. The predicted molar refractivity (Wildman–Crippen MR) is 207 cm³/mol. The number of pyridine rings is 1. The average molecular weight is 788 g/mol. The van der Waals surface area contributed by atoms with Crippen LogP contribution in [0.3, 0.4) is 0 Å². The number of hydrogen-bond acceptors (Lipinski definition) is 9. The van der Waals surface area contributed by atoms with Gasteiger partial charge < -0.3 is 25.0 Å². The molecule has 5 fully saturated rings. The molecule has 0 bridgehead atoms. The van der Waals surface area contributed by atoms with Crippen LogP contribution >= 0.6 is 0 Å². The molecule has 4 amide bonds. The number of aromatic nitrogens is 1. The zero-order chi connectivity index (χ0) is 38.9. The highest BCUT2D eigenvalue weighted by atomic mass is 32.2. The van der Waals surface area contributed by atoms with Crippen LogP contribution < -0.4 is 20.1 Å². The van der Waals surface area contributed by atoms with Crippen molar-refractivity contribution in [3.05, 3.63) is 47.7 Å². The lowest BCUT2D eigenvalue weighted by Gasteiger charge is -2.37. The minimum absolute atomic E-state index is 0.103. The third-order valence-electron chi connectivity index (χ3n) is 13.6. The lowest BCUT2D eigenvalue weighted by atomic mass is 9.86. The van der Waals surface area contributed by atoms with Crippen LogP contribution in [0.4, 0.5) is 4.79 Å². The molecule has 1 aromatic carbocycles. The molecule has 3 aliphatic heterocycles. The van der Waals surface area contributed by atoms with E-state index in [1.807, 2.05) is 30.4 Å². The molecule has 1 saturated heterocycles. The molecule has 0 radical (unpaired) electrons. The second-order valence-corrected chi connectivity index (χ2v) is 20.0. The number of ether oxygens (including phenoxy) is 2. The van der Waals surface area contributed by atoms with Gasteiger partial charge in [0, 0.05) is 29.2 Å². The number of nitrogens with zero attached hydrogens (tertiary/aromatic N) is 2. The number of sulfonamides is 1. The van der Waals surface area contributed by atoms with Crippen molar-refractivity contribution < 1.29 is 37.1 Å². The van der Waals surface area contributed by atoms with Gasteiger partial charge in [-0.3, -0.25) is 19.1 Å². The van der Waals surface area contributed by atoms with Gasteiger partial charge >= 0.3 is 6.09 Å². The number of amides is 4. The van der Waals surface area contributed by atoms with E-state index in [-0.39, 0.29) is 31.4 Å². The summed E-state index contributed by atoms with van der Waals surface area (Å²) in [4.78, 5) is 63.5. The van der Waals surface area contributed by atoms with Crippen molar-refractivity contribution in [2.24, 2.45) is 5.92 Å². The van der Waals surface area contributed by atoms with E-state index in [2.05, 4.69) is 21.4 Å². The summed E-state index contributed by atoms with van der Waals surface area (Å²) in [5, 5.41) is 6.91. The third-order valence-corrected chi connectivity index (χ3v) is 15.7. The Morgan fingerprint density at radius 2 is 1.75 bits per heavy atom. The Morgan fingerprint density at radius 3 is 2.52 bits per heavy atom. The molecule has 1 spiro atoms. The van der Waals surface area contributed by atoms with Crippen LogP contribution in [-0.2, 0) is 35.6 Å². The maximum atomic E-state index is 14.9. The number of para-hydroxylation sites is 1. The normalized spacial score (nSPS) is 32.2. The Morgan fingerprint density at radius 1 is 0.982 bits per heavy atom. The summed E-state index contributed by atoms with van der Waals surface area (Å²) in [6.45, 7) is 1.72. The highest BCUT2D eigenvalue weighted by Gasteiger charge is 2.64. The molecule has 9 rings (SSSR count). The van der Waals surface area contributed by atoms with E-state index in [9.17, 15) is 27.6 Å². The minimum Gasteiger partial charge on any atom is -0.483 e. The van der Waals surface area contributed by atoms with Gasteiger partial charge in [-0.15, -0.1) is 0 Å². The van der Waals surface area contributed by atoms with Gasteiger partial charge in [-0.25, -0.2) is 18.2 Å². The van der Waals surface area contributed by atoms with Gasteiger partial charge in [0.05, 0.1) is 22.5 Å².